The first-order chi connectivity index (χ1) is 9.98. The second-order valence-corrected chi connectivity index (χ2v) is 6.14. The standard InChI is InChI=1S/C17H26N2O2/c1-13(12-14-8-5-6-9-15(14)21-4)19(3)16(20)17(2)10-7-11-18-17/h5-6,8-9,13,18H,7,10-12H2,1-4H3. The minimum atomic E-state index is -0.399. The maximum Gasteiger partial charge on any atom is 0.242 e. The van der Waals surface area contributed by atoms with Crippen molar-refractivity contribution in [3.8, 4) is 5.75 Å². The number of hydrogen-bond donors (Lipinski definition) is 1. The molecule has 2 unspecified atom stereocenters. The number of methoxy groups -OCH3 is 1. The highest BCUT2D eigenvalue weighted by atomic mass is 16.5. The lowest BCUT2D eigenvalue weighted by Gasteiger charge is -2.33. The predicted octanol–water partition coefficient (Wildman–Crippen LogP) is 2.23. The van der Waals surface area contributed by atoms with Crippen LogP contribution in [0.4, 0.5) is 0 Å². The van der Waals surface area contributed by atoms with E-state index in [0.29, 0.717) is 0 Å². The molecule has 4 heteroatoms. The van der Waals surface area contributed by atoms with E-state index in [1.54, 1.807) is 7.11 Å². The number of likely N-dealkylation sites (N-methyl/N-ethyl adjacent to an activating group) is 1. The number of carbonyl (C=O) groups excluding carboxylic acids is 1. The quantitative estimate of drug-likeness (QED) is 0.904. The Labute approximate surface area is 127 Å². The van der Waals surface area contributed by atoms with E-state index in [1.807, 2.05) is 37.1 Å². The summed E-state index contributed by atoms with van der Waals surface area (Å²) >= 11 is 0. The Morgan fingerprint density at radius 3 is 2.81 bits per heavy atom. The molecule has 0 aliphatic carbocycles. The molecule has 116 valence electrons. The third-order valence-electron chi connectivity index (χ3n) is 4.53. The second kappa shape index (κ2) is 6.48. The van der Waals surface area contributed by atoms with Gasteiger partial charge in [-0.25, -0.2) is 0 Å². The Kier molecular flexibility index (Phi) is 4.88. The van der Waals surface area contributed by atoms with E-state index in [1.165, 1.54) is 0 Å². The first-order valence-electron chi connectivity index (χ1n) is 7.62. The number of amides is 1. The van der Waals surface area contributed by atoms with Gasteiger partial charge >= 0.3 is 0 Å². The van der Waals surface area contributed by atoms with Gasteiger partial charge in [0.1, 0.15) is 5.75 Å². The molecule has 1 amide bonds. The lowest BCUT2D eigenvalue weighted by molar-refractivity contribution is -0.137. The zero-order valence-electron chi connectivity index (χ0n) is 13.5. The van der Waals surface area contributed by atoms with Gasteiger partial charge in [-0.05, 0) is 51.3 Å². The van der Waals surface area contributed by atoms with E-state index in [-0.39, 0.29) is 11.9 Å². The highest BCUT2D eigenvalue weighted by molar-refractivity contribution is 5.86. The topological polar surface area (TPSA) is 41.6 Å². The summed E-state index contributed by atoms with van der Waals surface area (Å²) in [7, 11) is 3.58. The van der Waals surface area contributed by atoms with Crippen LogP contribution in [0, 0.1) is 0 Å². The minimum Gasteiger partial charge on any atom is -0.496 e. The molecule has 0 aromatic heterocycles. The van der Waals surface area contributed by atoms with E-state index >= 15 is 0 Å². The smallest absolute Gasteiger partial charge is 0.242 e. The van der Waals surface area contributed by atoms with E-state index in [4.69, 9.17) is 4.74 Å². The number of nitrogens with zero attached hydrogens (tertiary/aromatic N) is 1. The molecule has 1 aromatic rings. The summed E-state index contributed by atoms with van der Waals surface area (Å²) in [4.78, 5) is 14.6. The van der Waals surface area contributed by atoms with Crippen LogP contribution in [0.1, 0.15) is 32.3 Å². The van der Waals surface area contributed by atoms with Gasteiger partial charge < -0.3 is 15.0 Å². The van der Waals surface area contributed by atoms with Gasteiger partial charge in [0, 0.05) is 13.1 Å². The van der Waals surface area contributed by atoms with Crippen LogP contribution < -0.4 is 10.1 Å². The number of para-hydroxylation sites is 1. The molecule has 0 saturated carbocycles. The summed E-state index contributed by atoms with van der Waals surface area (Å²) in [6, 6.07) is 8.12. The van der Waals surface area contributed by atoms with Crippen LogP contribution in [-0.4, -0.2) is 43.1 Å². The molecule has 2 atom stereocenters. The van der Waals surface area contributed by atoms with Crippen molar-refractivity contribution >= 4 is 5.91 Å². The number of ether oxygens (including phenoxy) is 1. The van der Waals surface area contributed by atoms with E-state index in [9.17, 15) is 4.79 Å². The van der Waals surface area contributed by atoms with Crippen LogP contribution in [0.15, 0.2) is 24.3 Å². The van der Waals surface area contributed by atoms with Crippen LogP contribution in [0.2, 0.25) is 0 Å². The Hall–Kier alpha value is -1.55. The number of hydrogen-bond acceptors (Lipinski definition) is 3. The second-order valence-electron chi connectivity index (χ2n) is 6.14. The molecular weight excluding hydrogens is 264 g/mol. The molecule has 4 nitrogen and oxygen atoms in total. The molecule has 1 aliphatic heterocycles. The molecule has 1 aromatic carbocycles. The monoisotopic (exact) mass is 290 g/mol. The molecule has 2 rings (SSSR count). The maximum atomic E-state index is 12.7. The van der Waals surface area contributed by atoms with Crippen molar-refractivity contribution in [1.82, 2.24) is 10.2 Å². The average Bonchev–Trinajstić information content (AvgIpc) is 2.94. The van der Waals surface area contributed by atoms with Gasteiger partial charge in [0.15, 0.2) is 0 Å². The van der Waals surface area contributed by atoms with Gasteiger partial charge in [-0.15, -0.1) is 0 Å². The molecular formula is C17H26N2O2. The maximum absolute atomic E-state index is 12.7. The molecule has 0 bridgehead atoms. The summed E-state index contributed by atoms with van der Waals surface area (Å²) in [5, 5.41) is 3.34. The number of rotatable bonds is 5. The van der Waals surface area contributed by atoms with Crippen LogP contribution in [-0.2, 0) is 11.2 Å². The number of carbonyl (C=O) groups is 1. The highest BCUT2D eigenvalue weighted by Crippen LogP contribution is 2.24. The van der Waals surface area contributed by atoms with Crippen LogP contribution in [0.3, 0.4) is 0 Å². The number of nitrogens with one attached hydrogen (secondary N) is 1. The van der Waals surface area contributed by atoms with Gasteiger partial charge in [0.2, 0.25) is 5.91 Å². The normalized spacial score (nSPS) is 22.9. The molecule has 1 heterocycles. The van der Waals surface area contributed by atoms with Crippen molar-refractivity contribution in [2.45, 2.75) is 44.7 Å². The Morgan fingerprint density at radius 2 is 2.19 bits per heavy atom. The predicted molar refractivity (Wildman–Crippen MR) is 84.6 cm³/mol. The average molecular weight is 290 g/mol. The molecule has 1 fully saturated rings. The Bertz CT molecular complexity index is 495. The zero-order chi connectivity index (χ0) is 15.5. The fraction of sp³-hybridized carbons (Fsp3) is 0.588. The molecule has 1 saturated heterocycles. The van der Waals surface area contributed by atoms with Gasteiger partial charge in [-0.2, -0.15) is 0 Å². The summed E-state index contributed by atoms with van der Waals surface area (Å²) in [5.74, 6) is 1.07. The van der Waals surface area contributed by atoms with E-state index < -0.39 is 5.54 Å². The first-order valence-corrected chi connectivity index (χ1v) is 7.62. The van der Waals surface area contributed by atoms with Gasteiger partial charge in [0.25, 0.3) is 0 Å². The Morgan fingerprint density at radius 1 is 1.48 bits per heavy atom. The van der Waals surface area contributed by atoms with Crippen molar-refractivity contribution in [1.29, 1.82) is 0 Å². The molecule has 0 spiro atoms. The molecule has 0 radical (unpaired) electrons. The zero-order valence-corrected chi connectivity index (χ0v) is 13.5. The molecule has 1 N–H and O–H groups in total. The Balaban J connectivity index is 2.05. The van der Waals surface area contributed by atoms with Crippen molar-refractivity contribution in [2.75, 3.05) is 20.7 Å². The fourth-order valence-corrected chi connectivity index (χ4v) is 2.99. The van der Waals surface area contributed by atoms with Crippen LogP contribution in [0.5, 0.6) is 5.75 Å². The largest absolute Gasteiger partial charge is 0.496 e. The number of benzene rings is 1. The third-order valence-corrected chi connectivity index (χ3v) is 4.53. The van der Waals surface area contributed by atoms with Crippen molar-refractivity contribution in [3.63, 3.8) is 0 Å². The summed E-state index contributed by atoms with van der Waals surface area (Å²) < 4.78 is 5.39. The van der Waals surface area contributed by atoms with Crippen molar-refractivity contribution < 1.29 is 9.53 Å². The van der Waals surface area contributed by atoms with Gasteiger partial charge in [-0.3, -0.25) is 4.79 Å². The SMILES string of the molecule is COc1ccccc1CC(C)N(C)C(=O)C1(C)CCCN1. The van der Waals surface area contributed by atoms with E-state index in [2.05, 4.69) is 18.3 Å². The van der Waals surface area contributed by atoms with Crippen molar-refractivity contribution in [3.05, 3.63) is 29.8 Å². The fourth-order valence-electron chi connectivity index (χ4n) is 2.99. The minimum absolute atomic E-state index is 0.132. The summed E-state index contributed by atoms with van der Waals surface area (Å²) in [6.07, 6.45) is 2.77. The van der Waals surface area contributed by atoms with Crippen molar-refractivity contribution in [2.24, 2.45) is 0 Å². The van der Waals surface area contributed by atoms with Crippen LogP contribution >= 0.6 is 0 Å². The molecule has 21 heavy (non-hydrogen) atoms. The summed E-state index contributed by atoms with van der Waals surface area (Å²) in [5.41, 5.74) is 0.737. The lowest BCUT2D eigenvalue weighted by atomic mass is 9.96. The lowest BCUT2D eigenvalue weighted by Crippen LogP contribution is -2.54. The van der Waals surface area contributed by atoms with Gasteiger partial charge in [-0.1, -0.05) is 18.2 Å². The third kappa shape index (κ3) is 3.38. The summed E-state index contributed by atoms with van der Waals surface area (Å²) in [6.45, 7) is 5.02. The van der Waals surface area contributed by atoms with Crippen LogP contribution in [0.25, 0.3) is 0 Å². The highest BCUT2D eigenvalue weighted by Gasteiger charge is 2.38. The molecule has 1 aliphatic rings. The first kappa shape index (κ1) is 15.8. The van der Waals surface area contributed by atoms with Gasteiger partial charge in [0.05, 0.1) is 12.6 Å². The van der Waals surface area contributed by atoms with E-state index in [0.717, 1.165) is 37.1 Å².